The summed E-state index contributed by atoms with van der Waals surface area (Å²) in [4.78, 5) is 8.68. The molecule has 0 saturated heterocycles. The zero-order valence-electron chi connectivity index (χ0n) is 12.4. The van der Waals surface area contributed by atoms with Gasteiger partial charge in [-0.1, -0.05) is 6.07 Å². The fourth-order valence-corrected chi connectivity index (χ4v) is 2.30. The summed E-state index contributed by atoms with van der Waals surface area (Å²) in [6.45, 7) is 3.53. The third kappa shape index (κ3) is 3.44. The maximum absolute atomic E-state index is 12.4. The van der Waals surface area contributed by atoms with Crippen LogP contribution in [0.5, 0.6) is 11.5 Å². The molecule has 0 bridgehead atoms. The first-order valence-electron chi connectivity index (χ1n) is 6.84. The summed E-state index contributed by atoms with van der Waals surface area (Å²) in [6, 6.07) is 9.17. The first kappa shape index (κ1) is 15.3. The molecule has 1 aromatic carbocycles. The predicted molar refractivity (Wildman–Crippen MR) is 77.7 cm³/mol. The number of hydrogen-bond acceptors (Lipinski definition) is 4. The fraction of sp³-hybridized carbons (Fsp3) is 0.250. The highest BCUT2D eigenvalue weighted by molar-refractivity contribution is 6.14. The van der Waals surface area contributed by atoms with E-state index in [2.05, 4.69) is 14.7 Å². The Hall–Kier alpha value is -2.57. The average molecular weight is 322 g/mol. The molecule has 0 N–H and O–H groups in total. The van der Waals surface area contributed by atoms with Crippen LogP contribution in [0, 0.1) is 0 Å². The lowest BCUT2D eigenvalue weighted by atomic mass is 10.0. The van der Waals surface area contributed by atoms with Crippen molar-refractivity contribution in [3.8, 4) is 11.5 Å². The van der Waals surface area contributed by atoms with E-state index in [9.17, 15) is 13.2 Å². The maximum Gasteiger partial charge on any atom is 0.573 e. The molecule has 0 atom stereocenters. The molecule has 0 radical (unpaired) electrons. The molecule has 3 rings (SSSR count). The van der Waals surface area contributed by atoms with Gasteiger partial charge in [0.1, 0.15) is 11.5 Å². The lowest BCUT2D eigenvalue weighted by Gasteiger charge is -2.30. The molecule has 0 saturated carbocycles. The van der Waals surface area contributed by atoms with E-state index in [0.29, 0.717) is 22.7 Å². The SMILES string of the molecule is CC1(C)N=C(c2ccccn2)c2cc(OC(F)(F)F)ccc2O1. The number of rotatable bonds is 2. The third-order valence-electron chi connectivity index (χ3n) is 3.09. The van der Waals surface area contributed by atoms with Crippen LogP contribution in [-0.2, 0) is 0 Å². The van der Waals surface area contributed by atoms with E-state index in [1.807, 2.05) is 0 Å². The summed E-state index contributed by atoms with van der Waals surface area (Å²) < 4.78 is 46.9. The third-order valence-corrected chi connectivity index (χ3v) is 3.09. The Morgan fingerprint density at radius 3 is 2.57 bits per heavy atom. The molecule has 1 aromatic heterocycles. The van der Waals surface area contributed by atoms with Crippen molar-refractivity contribution in [3.05, 3.63) is 53.9 Å². The van der Waals surface area contributed by atoms with Crippen LogP contribution in [0.15, 0.2) is 47.6 Å². The summed E-state index contributed by atoms with van der Waals surface area (Å²) >= 11 is 0. The maximum atomic E-state index is 12.4. The van der Waals surface area contributed by atoms with Crippen molar-refractivity contribution in [3.63, 3.8) is 0 Å². The molecule has 0 fully saturated rings. The van der Waals surface area contributed by atoms with Gasteiger partial charge in [-0.15, -0.1) is 13.2 Å². The van der Waals surface area contributed by atoms with E-state index >= 15 is 0 Å². The highest BCUT2D eigenvalue weighted by atomic mass is 19.4. The van der Waals surface area contributed by atoms with E-state index in [0.717, 1.165) is 0 Å². The van der Waals surface area contributed by atoms with Crippen molar-refractivity contribution < 1.29 is 22.6 Å². The van der Waals surface area contributed by atoms with Crippen LogP contribution in [0.1, 0.15) is 25.1 Å². The van der Waals surface area contributed by atoms with Crippen molar-refractivity contribution >= 4 is 5.71 Å². The monoisotopic (exact) mass is 322 g/mol. The second-order valence-corrected chi connectivity index (χ2v) is 5.43. The molecule has 0 amide bonds. The van der Waals surface area contributed by atoms with Crippen LogP contribution in [0.2, 0.25) is 0 Å². The molecule has 2 heterocycles. The second-order valence-electron chi connectivity index (χ2n) is 5.43. The van der Waals surface area contributed by atoms with E-state index in [-0.39, 0.29) is 5.75 Å². The molecule has 0 aliphatic carbocycles. The molecule has 7 heteroatoms. The molecule has 0 unspecified atom stereocenters. The van der Waals surface area contributed by atoms with E-state index < -0.39 is 12.1 Å². The highest BCUT2D eigenvalue weighted by Gasteiger charge is 2.33. The zero-order valence-corrected chi connectivity index (χ0v) is 12.4. The number of alkyl halides is 3. The largest absolute Gasteiger partial charge is 0.573 e. The zero-order chi connectivity index (χ0) is 16.7. The van der Waals surface area contributed by atoms with Gasteiger partial charge in [0.05, 0.1) is 11.4 Å². The Morgan fingerprint density at radius 1 is 1.13 bits per heavy atom. The molecule has 1 aliphatic heterocycles. The Labute approximate surface area is 130 Å². The standard InChI is InChI=1S/C16H13F3N2O2/c1-15(2)21-14(12-5-3-4-8-20-12)11-9-10(22-16(17,18)19)6-7-13(11)23-15/h3-9H,1-2H3. The summed E-state index contributed by atoms with van der Waals surface area (Å²) in [5, 5.41) is 0. The van der Waals surface area contributed by atoms with Crippen LogP contribution in [0.4, 0.5) is 13.2 Å². The summed E-state index contributed by atoms with van der Waals surface area (Å²) in [5.41, 5.74) is 0.579. The van der Waals surface area contributed by atoms with Gasteiger partial charge >= 0.3 is 6.36 Å². The van der Waals surface area contributed by atoms with Gasteiger partial charge in [-0.05, 0) is 44.2 Å². The van der Waals surface area contributed by atoms with Crippen molar-refractivity contribution in [2.24, 2.45) is 4.99 Å². The molecule has 2 aromatic rings. The van der Waals surface area contributed by atoms with Crippen LogP contribution in [-0.4, -0.2) is 22.8 Å². The predicted octanol–water partition coefficient (Wildman–Crippen LogP) is 3.95. The topological polar surface area (TPSA) is 43.7 Å². The van der Waals surface area contributed by atoms with Gasteiger partial charge in [0, 0.05) is 11.8 Å². The normalized spacial score (nSPS) is 16.1. The minimum Gasteiger partial charge on any atom is -0.466 e. The van der Waals surface area contributed by atoms with Crippen molar-refractivity contribution in [1.82, 2.24) is 4.98 Å². The van der Waals surface area contributed by atoms with Gasteiger partial charge in [0.25, 0.3) is 0 Å². The van der Waals surface area contributed by atoms with E-state index in [1.165, 1.54) is 18.2 Å². The number of halogens is 3. The molecular weight excluding hydrogens is 309 g/mol. The molecule has 4 nitrogen and oxygen atoms in total. The highest BCUT2D eigenvalue weighted by Crippen LogP contribution is 2.35. The minimum atomic E-state index is -4.76. The second kappa shape index (κ2) is 5.26. The number of aliphatic imine (C=N–C) groups is 1. The van der Waals surface area contributed by atoms with Gasteiger partial charge < -0.3 is 9.47 Å². The Bertz CT molecular complexity index is 756. The number of nitrogens with zero attached hydrogens (tertiary/aromatic N) is 2. The van der Waals surface area contributed by atoms with Gasteiger partial charge in [0.15, 0.2) is 5.72 Å². The fourth-order valence-electron chi connectivity index (χ4n) is 2.30. The van der Waals surface area contributed by atoms with Crippen LogP contribution in [0.25, 0.3) is 0 Å². The quantitative estimate of drug-likeness (QED) is 0.841. The summed E-state index contributed by atoms with van der Waals surface area (Å²) in [5.74, 6) is 0.100. The van der Waals surface area contributed by atoms with Gasteiger partial charge in [-0.25, -0.2) is 4.99 Å². The summed E-state index contributed by atoms with van der Waals surface area (Å²) in [6.07, 6.45) is -3.17. The van der Waals surface area contributed by atoms with Gasteiger partial charge in [-0.3, -0.25) is 4.98 Å². The van der Waals surface area contributed by atoms with Crippen molar-refractivity contribution in [2.45, 2.75) is 25.9 Å². The van der Waals surface area contributed by atoms with E-state index in [4.69, 9.17) is 4.74 Å². The Balaban J connectivity index is 2.10. The lowest BCUT2D eigenvalue weighted by Crippen LogP contribution is -2.32. The van der Waals surface area contributed by atoms with Gasteiger partial charge in [-0.2, -0.15) is 0 Å². The first-order chi connectivity index (χ1) is 10.7. The average Bonchev–Trinajstić information content (AvgIpc) is 2.45. The van der Waals surface area contributed by atoms with Crippen LogP contribution in [0.3, 0.4) is 0 Å². The van der Waals surface area contributed by atoms with Crippen LogP contribution < -0.4 is 9.47 Å². The Kier molecular flexibility index (Phi) is 3.50. The number of ether oxygens (including phenoxy) is 2. The Morgan fingerprint density at radius 2 is 1.91 bits per heavy atom. The number of hydrogen-bond donors (Lipinski definition) is 0. The first-order valence-corrected chi connectivity index (χ1v) is 6.84. The summed E-state index contributed by atoms with van der Waals surface area (Å²) in [7, 11) is 0. The molecule has 0 spiro atoms. The van der Waals surface area contributed by atoms with Crippen LogP contribution >= 0.6 is 0 Å². The van der Waals surface area contributed by atoms with E-state index in [1.54, 1.807) is 38.2 Å². The number of benzene rings is 1. The number of fused-ring (bicyclic) bond motifs is 1. The minimum absolute atomic E-state index is 0.330. The number of aromatic nitrogens is 1. The lowest BCUT2D eigenvalue weighted by molar-refractivity contribution is -0.274. The number of pyridine rings is 1. The smallest absolute Gasteiger partial charge is 0.466 e. The molecule has 23 heavy (non-hydrogen) atoms. The van der Waals surface area contributed by atoms with Crippen molar-refractivity contribution in [1.29, 1.82) is 0 Å². The molecular formula is C16H13F3N2O2. The van der Waals surface area contributed by atoms with Gasteiger partial charge in [0.2, 0.25) is 0 Å². The molecule has 120 valence electrons. The molecule has 1 aliphatic rings. The van der Waals surface area contributed by atoms with Crippen molar-refractivity contribution in [2.75, 3.05) is 0 Å².